The van der Waals surface area contributed by atoms with Gasteiger partial charge in [0.05, 0.1) is 5.75 Å². The van der Waals surface area contributed by atoms with E-state index >= 15 is 0 Å². The molecule has 0 unspecified atom stereocenters. The first-order chi connectivity index (χ1) is 14.6. The van der Waals surface area contributed by atoms with Crippen molar-refractivity contribution in [1.82, 2.24) is 19.9 Å². The Kier molecular flexibility index (Phi) is 6.15. The summed E-state index contributed by atoms with van der Waals surface area (Å²) in [6.07, 6.45) is 0.613. The number of thioether (sulfide) groups is 1. The first kappa shape index (κ1) is 20.2. The van der Waals surface area contributed by atoms with E-state index in [0.717, 1.165) is 17.1 Å². The number of nitrogens with one attached hydrogen (secondary N) is 1. The van der Waals surface area contributed by atoms with Gasteiger partial charge in [-0.3, -0.25) is 9.36 Å². The highest BCUT2D eigenvalue weighted by Gasteiger charge is 2.17. The molecule has 7 nitrogen and oxygen atoms in total. The van der Waals surface area contributed by atoms with Gasteiger partial charge in [-0.25, -0.2) is 0 Å². The Bertz CT molecular complexity index is 1140. The lowest BCUT2D eigenvalue weighted by molar-refractivity contribution is -0.113. The van der Waals surface area contributed by atoms with Crippen molar-refractivity contribution >= 4 is 35.1 Å². The zero-order valence-electron chi connectivity index (χ0n) is 16.1. The van der Waals surface area contributed by atoms with Crippen LogP contribution in [0.25, 0.3) is 5.69 Å². The molecule has 152 valence electrons. The lowest BCUT2D eigenvalue weighted by Crippen LogP contribution is -2.15. The number of carbonyl (C=O) groups is 1. The fourth-order valence-corrected chi connectivity index (χ4v) is 3.77. The van der Waals surface area contributed by atoms with Crippen LogP contribution >= 0.6 is 23.4 Å². The molecule has 1 amide bonds. The van der Waals surface area contributed by atoms with Crippen LogP contribution in [0.3, 0.4) is 0 Å². The Morgan fingerprint density at radius 1 is 1.13 bits per heavy atom. The van der Waals surface area contributed by atoms with Crippen molar-refractivity contribution in [2.45, 2.75) is 18.5 Å². The number of rotatable bonds is 7. The second kappa shape index (κ2) is 9.15. The van der Waals surface area contributed by atoms with E-state index in [1.54, 1.807) is 13.0 Å². The van der Waals surface area contributed by atoms with Crippen LogP contribution in [0, 0.1) is 6.92 Å². The Labute approximate surface area is 182 Å². The molecule has 2 aromatic carbocycles. The molecule has 4 rings (SSSR count). The number of benzene rings is 2. The molecule has 4 aromatic rings. The maximum atomic E-state index is 12.3. The van der Waals surface area contributed by atoms with Crippen LogP contribution in [0.5, 0.6) is 0 Å². The molecule has 0 spiro atoms. The fourth-order valence-electron chi connectivity index (χ4n) is 2.87. The average Bonchev–Trinajstić information content (AvgIpc) is 3.33. The number of hydrogen-bond donors (Lipinski definition) is 1. The molecule has 1 N–H and O–H groups in total. The molecule has 0 fully saturated rings. The average molecular weight is 440 g/mol. The molecule has 0 aliphatic rings. The van der Waals surface area contributed by atoms with E-state index in [1.165, 1.54) is 11.8 Å². The lowest BCUT2D eigenvalue weighted by Gasteiger charge is -2.10. The smallest absolute Gasteiger partial charge is 0.236 e. The van der Waals surface area contributed by atoms with Crippen LogP contribution in [0.15, 0.2) is 70.3 Å². The van der Waals surface area contributed by atoms with Gasteiger partial charge in [0.15, 0.2) is 11.0 Å². The van der Waals surface area contributed by atoms with Crippen LogP contribution in [0.2, 0.25) is 5.02 Å². The van der Waals surface area contributed by atoms with Gasteiger partial charge in [-0.05, 0) is 36.8 Å². The van der Waals surface area contributed by atoms with Gasteiger partial charge in [0.1, 0.15) is 11.6 Å². The molecule has 0 bridgehead atoms. The molecule has 0 saturated carbocycles. The van der Waals surface area contributed by atoms with Gasteiger partial charge in [-0.15, -0.1) is 10.2 Å². The van der Waals surface area contributed by atoms with Crippen LogP contribution in [-0.4, -0.2) is 31.6 Å². The summed E-state index contributed by atoms with van der Waals surface area (Å²) in [7, 11) is 0. The number of anilines is 1. The summed E-state index contributed by atoms with van der Waals surface area (Å²) in [6.45, 7) is 1.76. The van der Waals surface area contributed by atoms with Crippen molar-refractivity contribution in [3.05, 3.63) is 82.8 Å². The predicted molar refractivity (Wildman–Crippen MR) is 116 cm³/mol. The molecule has 9 heteroatoms. The van der Waals surface area contributed by atoms with Crippen molar-refractivity contribution in [1.29, 1.82) is 0 Å². The van der Waals surface area contributed by atoms with Gasteiger partial charge in [0.25, 0.3) is 0 Å². The van der Waals surface area contributed by atoms with Gasteiger partial charge in [0, 0.05) is 23.2 Å². The summed E-state index contributed by atoms with van der Waals surface area (Å²) in [4.78, 5) is 12.3. The van der Waals surface area contributed by atoms with Crippen molar-refractivity contribution in [2.24, 2.45) is 0 Å². The molecular weight excluding hydrogens is 422 g/mol. The number of amides is 1. The zero-order valence-corrected chi connectivity index (χ0v) is 17.7. The van der Waals surface area contributed by atoms with E-state index in [9.17, 15) is 4.79 Å². The zero-order chi connectivity index (χ0) is 20.9. The third-order valence-electron chi connectivity index (χ3n) is 4.22. The lowest BCUT2D eigenvalue weighted by atomic mass is 10.1. The number of halogens is 1. The minimum atomic E-state index is -0.205. The summed E-state index contributed by atoms with van der Waals surface area (Å²) >= 11 is 7.35. The molecule has 0 saturated heterocycles. The van der Waals surface area contributed by atoms with Gasteiger partial charge < -0.3 is 9.84 Å². The number of carbonyl (C=O) groups excluding carboxylic acids is 1. The van der Waals surface area contributed by atoms with Crippen molar-refractivity contribution in [3.63, 3.8) is 0 Å². The molecule has 0 aliphatic heterocycles. The standard InChI is InChI=1S/C21H18ClN5O2S/c1-14-11-18(26-29-14)23-20(28)13-30-21-25-24-19(12-15-5-3-2-4-6-15)27(21)17-9-7-16(22)8-10-17/h2-11H,12-13H2,1H3,(H,23,26,28). The maximum Gasteiger partial charge on any atom is 0.236 e. The second-order valence-electron chi connectivity index (χ2n) is 6.53. The second-order valence-corrected chi connectivity index (χ2v) is 7.91. The third-order valence-corrected chi connectivity index (χ3v) is 5.40. The molecule has 2 heterocycles. The number of aromatic nitrogens is 4. The Balaban J connectivity index is 1.55. The molecule has 30 heavy (non-hydrogen) atoms. The van der Waals surface area contributed by atoms with Crippen LogP contribution < -0.4 is 5.32 Å². The first-order valence-electron chi connectivity index (χ1n) is 9.18. The fraction of sp³-hybridized carbons (Fsp3) is 0.143. The van der Waals surface area contributed by atoms with Crippen molar-refractivity contribution < 1.29 is 9.32 Å². The third kappa shape index (κ3) is 4.90. The largest absolute Gasteiger partial charge is 0.360 e. The quantitative estimate of drug-likeness (QED) is 0.425. The monoisotopic (exact) mass is 439 g/mol. The van der Waals surface area contributed by atoms with E-state index in [1.807, 2.05) is 59.2 Å². The van der Waals surface area contributed by atoms with E-state index in [4.69, 9.17) is 16.1 Å². The van der Waals surface area contributed by atoms with Gasteiger partial charge in [-0.2, -0.15) is 0 Å². The SMILES string of the molecule is Cc1cc(NC(=O)CSc2nnc(Cc3ccccc3)n2-c2ccc(Cl)cc2)no1. The number of nitrogens with zero attached hydrogens (tertiary/aromatic N) is 4. The summed E-state index contributed by atoms with van der Waals surface area (Å²) < 4.78 is 6.91. The number of hydrogen-bond acceptors (Lipinski definition) is 6. The summed E-state index contributed by atoms with van der Waals surface area (Å²) in [5.74, 6) is 1.75. The molecular formula is C21H18ClN5O2S. The van der Waals surface area contributed by atoms with Crippen LogP contribution in [-0.2, 0) is 11.2 Å². The predicted octanol–water partition coefficient (Wildman–Crippen LogP) is 4.54. The molecule has 0 radical (unpaired) electrons. The van der Waals surface area contributed by atoms with E-state index in [-0.39, 0.29) is 11.7 Å². The normalized spacial score (nSPS) is 10.9. The van der Waals surface area contributed by atoms with E-state index in [0.29, 0.717) is 28.2 Å². The van der Waals surface area contributed by atoms with Crippen LogP contribution in [0.1, 0.15) is 17.1 Å². The summed E-state index contributed by atoms with van der Waals surface area (Å²) in [5.41, 5.74) is 2.00. The topological polar surface area (TPSA) is 85.8 Å². The van der Waals surface area contributed by atoms with Gasteiger partial charge in [-0.1, -0.05) is 58.9 Å². The Hall–Kier alpha value is -3.10. The highest BCUT2D eigenvalue weighted by molar-refractivity contribution is 7.99. The highest BCUT2D eigenvalue weighted by Crippen LogP contribution is 2.25. The minimum Gasteiger partial charge on any atom is -0.360 e. The molecule has 2 aromatic heterocycles. The molecule has 0 aliphatic carbocycles. The van der Waals surface area contributed by atoms with Crippen LogP contribution in [0.4, 0.5) is 5.82 Å². The minimum absolute atomic E-state index is 0.156. The van der Waals surface area contributed by atoms with Crippen molar-refractivity contribution in [3.8, 4) is 5.69 Å². The van der Waals surface area contributed by atoms with E-state index < -0.39 is 0 Å². The van der Waals surface area contributed by atoms with Crippen molar-refractivity contribution in [2.75, 3.05) is 11.1 Å². The Morgan fingerprint density at radius 3 is 2.60 bits per heavy atom. The summed E-state index contributed by atoms with van der Waals surface area (Å²) in [6, 6.07) is 19.1. The van der Waals surface area contributed by atoms with Gasteiger partial charge in [0.2, 0.25) is 5.91 Å². The molecule has 0 atom stereocenters. The highest BCUT2D eigenvalue weighted by atomic mass is 35.5. The summed E-state index contributed by atoms with van der Waals surface area (Å²) in [5, 5.41) is 16.4. The maximum absolute atomic E-state index is 12.3. The first-order valence-corrected chi connectivity index (χ1v) is 10.5. The van der Waals surface area contributed by atoms with Gasteiger partial charge >= 0.3 is 0 Å². The van der Waals surface area contributed by atoms with E-state index in [2.05, 4.69) is 20.7 Å². The Morgan fingerprint density at radius 2 is 1.90 bits per heavy atom. The number of aryl methyl sites for hydroxylation is 1.